The van der Waals surface area contributed by atoms with Crippen LogP contribution in [0.25, 0.3) is 0 Å². The zero-order valence-electron chi connectivity index (χ0n) is 11.4. The summed E-state index contributed by atoms with van der Waals surface area (Å²) in [6.45, 7) is 0.620. The monoisotopic (exact) mass is 314 g/mol. The Labute approximate surface area is 123 Å². The van der Waals surface area contributed by atoms with Gasteiger partial charge in [0.25, 0.3) is 0 Å². The van der Waals surface area contributed by atoms with Crippen molar-refractivity contribution in [2.75, 3.05) is 25.4 Å². The van der Waals surface area contributed by atoms with Gasteiger partial charge in [-0.25, -0.2) is 13.2 Å². The van der Waals surface area contributed by atoms with Crippen molar-refractivity contribution >= 4 is 21.7 Å². The van der Waals surface area contributed by atoms with Gasteiger partial charge in [-0.05, 0) is 37.0 Å². The molecule has 2 rings (SSSR count). The van der Waals surface area contributed by atoms with Crippen molar-refractivity contribution in [1.29, 1.82) is 0 Å². The van der Waals surface area contributed by atoms with Crippen LogP contribution < -0.4 is 5.73 Å². The number of carboxylic acid groups (broad SMARTS) is 1. The third-order valence-electron chi connectivity index (χ3n) is 3.64. The smallest absolute Gasteiger partial charge is 0.337 e. The van der Waals surface area contributed by atoms with Gasteiger partial charge in [-0.1, -0.05) is 0 Å². The van der Waals surface area contributed by atoms with E-state index in [1.54, 1.807) is 0 Å². The Morgan fingerprint density at radius 1 is 1.43 bits per heavy atom. The molecule has 0 saturated carbocycles. The number of hydrogen-bond donors (Lipinski definition) is 3. The summed E-state index contributed by atoms with van der Waals surface area (Å²) < 4.78 is 26.5. The fourth-order valence-electron chi connectivity index (χ4n) is 2.50. The van der Waals surface area contributed by atoms with Crippen LogP contribution in [0.1, 0.15) is 23.2 Å². The number of aliphatic hydroxyl groups is 1. The summed E-state index contributed by atoms with van der Waals surface area (Å²) in [6.07, 6.45) is 1.19. The summed E-state index contributed by atoms with van der Waals surface area (Å²) in [5, 5.41) is 18.1. The van der Waals surface area contributed by atoms with Crippen molar-refractivity contribution in [2.24, 2.45) is 5.92 Å². The Morgan fingerprint density at radius 2 is 2.14 bits per heavy atom. The zero-order chi connectivity index (χ0) is 15.6. The van der Waals surface area contributed by atoms with E-state index in [0.29, 0.717) is 19.4 Å². The van der Waals surface area contributed by atoms with Crippen molar-refractivity contribution in [3.63, 3.8) is 0 Å². The maximum atomic E-state index is 12.6. The lowest BCUT2D eigenvalue weighted by atomic mass is 10.1. The van der Waals surface area contributed by atoms with Gasteiger partial charge in [0.1, 0.15) is 0 Å². The van der Waals surface area contributed by atoms with E-state index in [4.69, 9.17) is 15.9 Å². The highest BCUT2D eigenvalue weighted by molar-refractivity contribution is 7.89. The van der Waals surface area contributed by atoms with Gasteiger partial charge in [-0.2, -0.15) is 4.31 Å². The molecule has 0 radical (unpaired) electrons. The Kier molecular flexibility index (Phi) is 4.50. The minimum absolute atomic E-state index is 0.0111. The minimum atomic E-state index is -3.90. The molecule has 1 saturated heterocycles. The fraction of sp³-hybridized carbons (Fsp3) is 0.462. The highest BCUT2D eigenvalue weighted by atomic mass is 32.2. The fourth-order valence-corrected chi connectivity index (χ4v) is 4.25. The highest BCUT2D eigenvalue weighted by Crippen LogP contribution is 2.28. The second-order valence-corrected chi connectivity index (χ2v) is 7.00. The van der Waals surface area contributed by atoms with Crippen LogP contribution in [0.4, 0.5) is 5.69 Å². The molecule has 1 aromatic carbocycles. The molecule has 8 heteroatoms. The molecule has 1 fully saturated rings. The number of nitrogen functional groups attached to an aromatic ring is 1. The van der Waals surface area contributed by atoms with Crippen LogP contribution >= 0.6 is 0 Å². The van der Waals surface area contributed by atoms with Gasteiger partial charge < -0.3 is 15.9 Å². The molecule has 1 heterocycles. The Morgan fingerprint density at radius 3 is 2.76 bits per heavy atom. The topological polar surface area (TPSA) is 121 Å². The standard InChI is InChI=1S/C13H18N2O5S/c14-10-1-2-11(13(17)18)12(7-10)21(19,20)15-5-3-9(8-15)4-6-16/h1-2,7,9,16H,3-6,8,14H2,(H,17,18). The number of aromatic carboxylic acids is 1. The molecular weight excluding hydrogens is 296 g/mol. The first-order valence-corrected chi connectivity index (χ1v) is 8.04. The van der Waals surface area contributed by atoms with E-state index in [1.807, 2.05) is 0 Å². The van der Waals surface area contributed by atoms with Crippen LogP contribution in [0, 0.1) is 5.92 Å². The summed E-state index contributed by atoms with van der Waals surface area (Å²) >= 11 is 0. The first-order valence-electron chi connectivity index (χ1n) is 6.60. The van der Waals surface area contributed by atoms with Crippen molar-refractivity contribution in [1.82, 2.24) is 4.31 Å². The van der Waals surface area contributed by atoms with Crippen molar-refractivity contribution in [3.8, 4) is 0 Å². The van der Waals surface area contributed by atoms with Gasteiger partial charge in [0.2, 0.25) is 10.0 Å². The largest absolute Gasteiger partial charge is 0.478 e. The van der Waals surface area contributed by atoms with Crippen LogP contribution in [0.5, 0.6) is 0 Å². The number of aliphatic hydroxyl groups excluding tert-OH is 1. The van der Waals surface area contributed by atoms with Gasteiger partial charge in [-0.3, -0.25) is 0 Å². The van der Waals surface area contributed by atoms with Crippen molar-refractivity contribution in [3.05, 3.63) is 23.8 Å². The van der Waals surface area contributed by atoms with E-state index >= 15 is 0 Å². The maximum Gasteiger partial charge on any atom is 0.337 e. The van der Waals surface area contributed by atoms with E-state index < -0.39 is 16.0 Å². The summed E-state index contributed by atoms with van der Waals surface area (Å²) in [5.41, 5.74) is 5.51. The normalized spacial score (nSPS) is 19.8. The first kappa shape index (κ1) is 15.7. The molecule has 7 nitrogen and oxygen atoms in total. The molecule has 0 amide bonds. The molecule has 1 unspecified atom stereocenters. The van der Waals surface area contributed by atoms with E-state index in [2.05, 4.69) is 0 Å². The highest BCUT2D eigenvalue weighted by Gasteiger charge is 2.34. The Balaban J connectivity index is 2.36. The lowest BCUT2D eigenvalue weighted by Crippen LogP contribution is -2.30. The number of sulfonamides is 1. The van der Waals surface area contributed by atoms with Crippen LogP contribution in [0.15, 0.2) is 23.1 Å². The lowest BCUT2D eigenvalue weighted by Gasteiger charge is -2.18. The summed E-state index contributed by atoms with van der Waals surface area (Å²) in [6, 6.07) is 3.74. The number of benzene rings is 1. The lowest BCUT2D eigenvalue weighted by molar-refractivity contribution is 0.0692. The molecule has 0 spiro atoms. The van der Waals surface area contributed by atoms with Gasteiger partial charge in [-0.15, -0.1) is 0 Å². The first-order chi connectivity index (χ1) is 9.86. The molecule has 0 aliphatic carbocycles. The summed E-state index contributed by atoms with van der Waals surface area (Å²) in [5.74, 6) is -1.21. The van der Waals surface area contributed by atoms with Gasteiger partial charge >= 0.3 is 5.97 Å². The molecule has 1 aromatic rings. The number of carboxylic acids is 1. The SMILES string of the molecule is Nc1ccc(C(=O)O)c(S(=O)(=O)N2CCC(CCO)C2)c1. The average molecular weight is 314 g/mol. The van der Waals surface area contributed by atoms with Crippen molar-refractivity contribution in [2.45, 2.75) is 17.7 Å². The molecule has 1 atom stereocenters. The van der Waals surface area contributed by atoms with Gasteiger partial charge in [0.15, 0.2) is 0 Å². The van der Waals surface area contributed by atoms with Gasteiger partial charge in [0.05, 0.1) is 10.5 Å². The summed E-state index contributed by atoms with van der Waals surface area (Å²) in [4.78, 5) is 10.9. The molecule has 116 valence electrons. The van der Waals surface area contributed by atoms with E-state index in [1.165, 1.54) is 22.5 Å². The van der Waals surface area contributed by atoms with E-state index in [0.717, 1.165) is 0 Å². The predicted molar refractivity (Wildman–Crippen MR) is 76.4 cm³/mol. The zero-order valence-corrected chi connectivity index (χ0v) is 12.2. The van der Waals surface area contributed by atoms with E-state index in [-0.39, 0.29) is 35.2 Å². The molecule has 21 heavy (non-hydrogen) atoms. The number of anilines is 1. The Hall–Kier alpha value is -1.64. The quantitative estimate of drug-likeness (QED) is 0.675. The molecule has 1 aliphatic rings. The second kappa shape index (κ2) is 6.00. The number of carbonyl (C=O) groups is 1. The van der Waals surface area contributed by atoms with E-state index in [9.17, 15) is 13.2 Å². The molecule has 1 aliphatic heterocycles. The van der Waals surface area contributed by atoms with Crippen LogP contribution in [0.3, 0.4) is 0 Å². The number of nitrogens with two attached hydrogens (primary N) is 1. The third kappa shape index (κ3) is 3.17. The Bertz CT molecular complexity index is 644. The number of hydrogen-bond acceptors (Lipinski definition) is 5. The molecule has 0 aromatic heterocycles. The van der Waals surface area contributed by atoms with Crippen LogP contribution in [-0.2, 0) is 10.0 Å². The van der Waals surface area contributed by atoms with Crippen molar-refractivity contribution < 1.29 is 23.4 Å². The van der Waals surface area contributed by atoms with Crippen LogP contribution in [0.2, 0.25) is 0 Å². The molecule has 0 bridgehead atoms. The molecular formula is C13H18N2O5S. The summed E-state index contributed by atoms with van der Waals surface area (Å²) in [7, 11) is -3.90. The minimum Gasteiger partial charge on any atom is -0.478 e. The number of nitrogens with zero attached hydrogens (tertiary/aromatic N) is 1. The third-order valence-corrected chi connectivity index (χ3v) is 5.54. The molecule has 4 N–H and O–H groups in total. The average Bonchev–Trinajstić information content (AvgIpc) is 2.88. The second-order valence-electron chi connectivity index (χ2n) is 5.09. The van der Waals surface area contributed by atoms with Crippen LogP contribution in [-0.4, -0.2) is 48.6 Å². The maximum absolute atomic E-state index is 12.6. The van der Waals surface area contributed by atoms with Gasteiger partial charge in [0, 0.05) is 25.4 Å². The predicted octanol–water partition coefficient (Wildman–Crippen LogP) is 0.360. The number of rotatable bonds is 5.